The van der Waals surface area contributed by atoms with Crippen molar-refractivity contribution in [2.24, 2.45) is 5.92 Å². The van der Waals surface area contributed by atoms with Crippen molar-refractivity contribution in [1.29, 1.82) is 0 Å². The van der Waals surface area contributed by atoms with Crippen molar-refractivity contribution in [3.8, 4) is 0 Å². The first-order valence-electron chi connectivity index (χ1n) is 4.97. The molecule has 0 amide bonds. The molecule has 0 saturated heterocycles. The molecule has 1 heterocycles. The first kappa shape index (κ1) is 14.3. The minimum atomic E-state index is -3.73. The molecule has 0 bridgehead atoms. The predicted molar refractivity (Wildman–Crippen MR) is 63.1 cm³/mol. The summed E-state index contributed by atoms with van der Waals surface area (Å²) in [6.45, 7) is 3.34. The normalized spacial score (nSPS) is 13.9. The zero-order valence-corrected chi connectivity index (χ0v) is 11.0. The second-order valence-electron chi connectivity index (χ2n) is 3.84. The Kier molecular flexibility index (Phi) is 4.81. The van der Waals surface area contributed by atoms with Crippen LogP contribution < -0.4 is 4.72 Å². The van der Waals surface area contributed by atoms with Crippen LogP contribution in [0, 0.1) is 5.92 Å². The number of aliphatic hydroxyl groups excluding tert-OH is 1. The molecule has 96 valence electrons. The molecule has 1 atom stereocenters. The van der Waals surface area contributed by atoms with Crippen molar-refractivity contribution >= 4 is 21.6 Å². The SMILES string of the molecule is CC(C)[C@@H](CO)NS(=O)(=O)c1cnc(Cl)nc1. The van der Waals surface area contributed by atoms with Crippen LogP contribution in [0.15, 0.2) is 17.3 Å². The lowest BCUT2D eigenvalue weighted by Crippen LogP contribution is -2.41. The number of aromatic nitrogens is 2. The van der Waals surface area contributed by atoms with Crippen LogP contribution in [0.2, 0.25) is 5.28 Å². The van der Waals surface area contributed by atoms with E-state index in [0.29, 0.717) is 0 Å². The van der Waals surface area contributed by atoms with E-state index in [4.69, 9.17) is 16.7 Å². The molecule has 1 aromatic heterocycles. The van der Waals surface area contributed by atoms with Gasteiger partial charge >= 0.3 is 0 Å². The highest BCUT2D eigenvalue weighted by Gasteiger charge is 2.22. The lowest BCUT2D eigenvalue weighted by molar-refractivity contribution is 0.227. The summed E-state index contributed by atoms with van der Waals surface area (Å²) < 4.78 is 26.1. The van der Waals surface area contributed by atoms with Crippen molar-refractivity contribution < 1.29 is 13.5 Å². The average Bonchev–Trinajstić information content (AvgIpc) is 2.26. The van der Waals surface area contributed by atoms with Crippen LogP contribution in [-0.2, 0) is 10.0 Å². The molecular weight excluding hydrogens is 266 g/mol. The van der Waals surface area contributed by atoms with Gasteiger partial charge in [-0.2, -0.15) is 0 Å². The lowest BCUT2D eigenvalue weighted by atomic mass is 10.1. The van der Waals surface area contributed by atoms with E-state index in [-0.39, 0.29) is 22.7 Å². The van der Waals surface area contributed by atoms with Crippen molar-refractivity contribution in [2.45, 2.75) is 24.8 Å². The number of aliphatic hydroxyl groups is 1. The third kappa shape index (κ3) is 3.88. The molecule has 0 fully saturated rings. The molecule has 0 aliphatic carbocycles. The van der Waals surface area contributed by atoms with E-state index >= 15 is 0 Å². The van der Waals surface area contributed by atoms with Crippen LogP contribution in [0.25, 0.3) is 0 Å². The highest BCUT2D eigenvalue weighted by Crippen LogP contribution is 2.10. The highest BCUT2D eigenvalue weighted by atomic mass is 35.5. The van der Waals surface area contributed by atoms with Crippen LogP contribution in [0.5, 0.6) is 0 Å². The topological polar surface area (TPSA) is 92.2 Å². The Morgan fingerprint density at radius 1 is 1.41 bits per heavy atom. The maximum atomic E-state index is 11.9. The second-order valence-corrected chi connectivity index (χ2v) is 5.89. The molecule has 0 aliphatic rings. The van der Waals surface area contributed by atoms with Crippen molar-refractivity contribution in [3.05, 3.63) is 17.7 Å². The minimum absolute atomic E-state index is 0.0217. The van der Waals surface area contributed by atoms with E-state index in [1.54, 1.807) is 0 Å². The molecule has 2 N–H and O–H groups in total. The lowest BCUT2D eigenvalue weighted by Gasteiger charge is -2.19. The number of hydrogen-bond donors (Lipinski definition) is 2. The number of nitrogens with zero attached hydrogens (tertiary/aromatic N) is 2. The van der Waals surface area contributed by atoms with Crippen molar-refractivity contribution in [3.63, 3.8) is 0 Å². The van der Waals surface area contributed by atoms with Gasteiger partial charge < -0.3 is 5.11 Å². The Balaban J connectivity index is 2.92. The molecule has 1 aromatic rings. The summed E-state index contributed by atoms with van der Waals surface area (Å²) in [4.78, 5) is 7.11. The van der Waals surface area contributed by atoms with Gasteiger partial charge in [-0.1, -0.05) is 13.8 Å². The van der Waals surface area contributed by atoms with E-state index in [9.17, 15) is 8.42 Å². The monoisotopic (exact) mass is 279 g/mol. The molecule has 0 unspecified atom stereocenters. The Morgan fingerprint density at radius 2 is 1.94 bits per heavy atom. The van der Waals surface area contributed by atoms with E-state index in [0.717, 1.165) is 12.4 Å². The van der Waals surface area contributed by atoms with Gasteiger partial charge in [0.2, 0.25) is 15.3 Å². The first-order valence-corrected chi connectivity index (χ1v) is 6.83. The summed E-state index contributed by atoms with van der Waals surface area (Å²) >= 11 is 5.47. The molecule has 0 spiro atoms. The summed E-state index contributed by atoms with van der Waals surface area (Å²) in [5, 5.41) is 9.05. The van der Waals surface area contributed by atoms with Crippen LogP contribution in [0.1, 0.15) is 13.8 Å². The summed E-state index contributed by atoms with van der Waals surface area (Å²) in [6.07, 6.45) is 2.23. The Morgan fingerprint density at radius 3 is 2.35 bits per heavy atom. The average molecular weight is 280 g/mol. The quantitative estimate of drug-likeness (QED) is 0.763. The molecule has 1 rings (SSSR count). The fraction of sp³-hybridized carbons (Fsp3) is 0.556. The Bertz CT molecular complexity index is 461. The van der Waals surface area contributed by atoms with E-state index in [1.807, 2.05) is 13.8 Å². The summed E-state index contributed by atoms with van der Waals surface area (Å²) in [7, 11) is -3.73. The van der Waals surface area contributed by atoms with Gasteiger partial charge in [0.05, 0.1) is 19.0 Å². The molecule has 6 nitrogen and oxygen atoms in total. The predicted octanol–water partition coefficient (Wildman–Crippen LogP) is 0.425. The molecule has 0 radical (unpaired) electrons. The number of nitrogens with one attached hydrogen (secondary N) is 1. The van der Waals surface area contributed by atoms with Gasteiger partial charge in [0.1, 0.15) is 4.90 Å². The fourth-order valence-electron chi connectivity index (χ4n) is 1.09. The van der Waals surface area contributed by atoms with E-state index < -0.39 is 16.1 Å². The van der Waals surface area contributed by atoms with Crippen molar-refractivity contribution in [2.75, 3.05) is 6.61 Å². The highest BCUT2D eigenvalue weighted by molar-refractivity contribution is 7.89. The first-order chi connectivity index (χ1) is 7.86. The van der Waals surface area contributed by atoms with Gasteiger partial charge in [0.15, 0.2) is 0 Å². The van der Waals surface area contributed by atoms with Gasteiger partial charge in [-0.25, -0.2) is 23.1 Å². The molecule has 0 saturated carbocycles. The van der Waals surface area contributed by atoms with Crippen LogP contribution in [0.3, 0.4) is 0 Å². The maximum Gasteiger partial charge on any atom is 0.243 e. The second kappa shape index (κ2) is 5.72. The molecule has 8 heteroatoms. The largest absolute Gasteiger partial charge is 0.395 e. The number of sulfonamides is 1. The third-order valence-corrected chi connectivity index (χ3v) is 3.85. The maximum absolute atomic E-state index is 11.9. The third-order valence-electron chi connectivity index (χ3n) is 2.21. The van der Waals surface area contributed by atoms with E-state index in [1.165, 1.54) is 0 Å². The zero-order valence-electron chi connectivity index (χ0n) is 9.46. The van der Waals surface area contributed by atoms with Crippen LogP contribution in [0.4, 0.5) is 0 Å². The molecular formula is C9H14ClN3O3S. The fourth-order valence-corrected chi connectivity index (χ4v) is 2.45. The molecule has 0 aliphatic heterocycles. The van der Waals surface area contributed by atoms with Gasteiger partial charge in [0, 0.05) is 6.04 Å². The summed E-state index contributed by atoms with van der Waals surface area (Å²) in [5.74, 6) is -0.0250. The number of halogens is 1. The van der Waals surface area contributed by atoms with Gasteiger partial charge in [-0.05, 0) is 17.5 Å². The number of rotatable bonds is 5. The standard InChI is InChI=1S/C9H14ClN3O3S/c1-6(2)8(5-14)13-17(15,16)7-3-11-9(10)12-4-7/h3-4,6,8,13-14H,5H2,1-2H3/t8-/m1/s1. The Hall–Kier alpha value is -0.760. The van der Waals surface area contributed by atoms with E-state index in [2.05, 4.69) is 14.7 Å². The minimum Gasteiger partial charge on any atom is -0.395 e. The number of hydrogen-bond acceptors (Lipinski definition) is 5. The smallest absolute Gasteiger partial charge is 0.243 e. The van der Waals surface area contributed by atoms with Crippen LogP contribution in [-0.4, -0.2) is 36.1 Å². The van der Waals surface area contributed by atoms with Gasteiger partial charge in [0.25, 0.3) is 0 Å². The zero-order chi connectivity index (χ0) is 13.1. The Labute approximate surface area is 105 Å². The summed E-state index contributed by atoms with van der Waals surface area (Å²) in [5.41, 5.74) is 0. The van der Waals surface area contributed by atoms with Crippen LogP contribution >= 0.6 is 11.6 Å². The molecule has 17 heavy (non-hydrogen) atoms. The van der Waals surface area contributed by atoms with Crippen molar-refractivity contribution in [1.82, 2.24) is 14.7 Å². The van der Waals surface area contributed by atoms with Gasteiger partial charge in [-0.3, -0.25) is 0 Å². The summed E-state index contributed by atoms with van der Waals surface area (Å²) in [6, 6.07) is -0.546. The van der Waals surface area contributed by atoms with Gasteiger partial charge in [-0.15, -0.1) is 0 Å². The molecule has 0 aromatic carbocycles.